The highest BCUT2D eigenvalue weighted by Gasteiger charge is 2.24. The van der Waals surface area contributed by atoms with Crippen LogP contribution >= 0.6 is 0 Å². The summed E-state index contributed by atoms with van der Waals surface area (Å²) in [6, 6.07) is 14.4. The molecule has 0 radical (unpaired) electrons. The minimum atomic E-state index is -2.71. The number of aromatic nitrogens is 5. The Hall–Kier alpha value is -3.06. The number of rotatable bonds is 9. The number of benzene rings is 1. The van der Waals surface area contributed by atoms with Crippen LogP contribution < -0.4 is 4.90 Å². The predicted octanol–water partition coefficient (Wildman–Crippen LogP) is 4.94. The molecule has 0 aliphatic carbocycles. The van der Waals surface area contributed by atoms with Gasteiger partial charge in [0, 0.05) is 50.7 Å². The van der Waals surface area contributed by atoms with Crippen molar-refractivity contribution in [2.24, 2.45) is 4.36 Å². The van der Waals surface area contributed by atoms with Crippen LogP contribution in [0.5, 0.6) is 0 Å². The largest absolute Gasteiger partial charge is 0.377 e. The Morgan fingerprint density at radius 3 is 2.72 bits per heavy atom. The van der Waals surface area contributed by atoms with Gasteiger partial charge in [0.1, 0.15) is 12.5 Å². The van der Waals surface area contributed by atoms with Crippen LogP contribution in [0.4, 0.5) is 11.5 Å². The van der Waals surface area contributed by atoms with Gasteiger partial charge in [0.2, 0.25) is 0 Å². The van der Waals surface area contributed by atoms with Gasteiger partial charge in [0.15, 0.2) is 11.5 Å². The number of hydrogen-bond donors (Lipinski definition) is 0. The summed E-state index contributed by atoms with van der Waals surface area (Å²) < 4.78 is 33.5. The number of nitrogens with zero attached hydrogens (tertiary/aromatic N) is 7. The van der Waals surface area contributed by atoms with Gasteiger partial charge in [-0.25, -0.2) is 13.9 Å². The van der Waals surface area contributed by atoms with E-state index in [1.54, 1.807) is 21.8 Å². The molecule has 5 rings (SSSR count). The SMILES string of the molecule is C[C@@H]1COCCN1c1cc(N=S(C)(=O)c2ccccc2)c2cnn(-c3ccn(COCC[Si](C)(C)C)n3)c2n1. The molecule has 4 heterocycles. The minimum Gasteiger partial charge on any atom is -0.377 e. The molecule has 10 nitrogen and oxygen atoms in total. The Balaban J connectivity index is 1.54. The summed E-state index contributed by atoms with van der Waals surface area (Å²) in [6.07, 6.45) is 5.27. The molecule has 39 heavy (non-hydrogen) atoms. The van der Waals surface area contributed by atoms with Crippen LogP contribution in [0.25, 0.3) is 16.9 Å². The smallest absolute Gasteiger partial charge is 0.177 e. The van der Waals surface area contributed by atoms with E-state index in [2.05, 4.69) is 41.7 Å². The summed E-state index contributed by atoms with van der Waals surface area (Å²) in [5.41, 5.74) is 1.20. The van der Waals surface area contributed by atoms with Gasteiger partial charge in [-0.15, -0.1) is 0 Å². The number of fused-ring (bicyclic) bond motifs is 1. The zero-order valence-corrected chi connectivity index (χ0v) is 25.1. The number of pyridine rings is 1. The number of hydrogen-bond acceptors (Lipinski definition) is 8. The van der Waals surface area contributed by atoms with E-state index in [1.807, 2.05) is 48.7 Å². The first-order valence-corrected chi connectivity index (χ1v) is 18.9. The van der Waals surface area contributed by atoms with E-state index in [4.69, 9.17) is 18.8 Å². The van der Waals surface area contributed by atoms with E-state index < -0.39 is 17.8 Å². The monoisotopic (exact) mass is 567 g/mol. The molecule has 1 aliphatic rings. The highest BCUT2D eigenvalue weighted by Crippen LogP contribution is 2.33. The van der Waals surface area contributed by atoms with Gasteiger partial charge in [0.05, 0.1) is 46.3 Å². The zero-order chi connectivity index (χ0) is 27.6. The Morgan fingerprint density at radius 1 is 1.18 bits per heavy atom. The molecular formula is C27H37N7O3SSi. The van der Waals surface area contributed by atoms with Gasteiger partial charge in [0.25, 0.3) is 0 Å². The zero-order valence-electron chi connectivity index (χ0n) is 23.3. The van der Waals surface area contributed by atoms with Crippen molar-refractivity contribution in [1.29, 1.82) is 0 Å². The van der Waals surface area contributed by atoms with E-state index in [0.29, 0.717) is 53.9 Å². The van der Waals surface area contributed by atoms with Gasteiger partial charge >= 0.3 is 0 Å². The lowest BCUT2D eigenvalue weighted by Gasteiger charge is -2.34. The van der Waals surface area contributed by atoms with E-state index in [-0.39, 0.29) is 6.04 Å². The fraction of sp³-hybridized carbons (Fsp3) is 0.444. The van der Waals surface area contributed by atoms with Gasteiger partial charge in [-0.1, -0.05) is 37.8 Å². The predicted molar refractivity (Wildman–Crippen MR) is 157 cm³/mol. The topological polar surface area (TPSA) is 99.7 Å². The third-order valence-electron chi connectivity index (χ3n) is 6.68. The Labute approximate surface area is 231 Å². The molecule has 208 valence electrons. The summed E-state index contributed by atoms with van der Waals surface area (Å²) in [7, 11) is -3.86. The highest BCUT2D eigenvalue weighted by atomic mass is 32.2. The van der Waals surface area contributed by atoms with Crippen molar-refractivity contribution in [3.05, 3.63) is 54.9 Å². The summed E-state index contributed by atoms with van der Waals surface area (Å²) in [4.78, 5) is 7.88. The average Bonchev–Trinajstić information content (AvgIpc) is 3.54. The molecule has 2 atom stereocenters. The number of anilines is 1. The molecule has 1 unspecified atom stereocenters. The van der Waals surface area contributed by atoms with E-state index in [0.717, 1.165) is 18.5 Å². The van der Waals surface area contributed by atoms with Crippen molar-refractivity contribution in [3.63, 3.8) is 0 Å². The fourth-order valence-corrected chi connectivity index (χ4v) is 6.47. The van der Waals surface area contributed by atoms with Crippen LogP contribution in [0.1, 0.15) is 6.92 Å². The Morgan fingerprint density at radius 2 is 1.97 bits per heavy atom. The average molecular weight is 568 g/mol. The second-order valence-corrected chi connectivity index (χ2v) is 19.1. The van der Waals surface area contributed by atoms with Gasteiger partial charge in [-0.3, -0.25) is 0 Å². The molecule has 1 aromatic carbocycles. The third-order valence-corrected chi connectivity index (χ3v) is 10.1. The molecule has 0 saturated carbocycles. The highest BCUT2D eigenvalue weighted by molar-refractivity contribution is 7.93. The third kappa shape index (κ3) is 6.40. The lowest BCUT2D eigenvalue weighted by Crippen LogP contribution is -2.44. The normalized spacial score (nSPS) is 17.9. The van der Waals surface area contributed by atoms with Crippen molar-refractivity contribution in [2.75, 3.05) is 37.5 Å². The van der Waals surface area contributed by atoms with Crippen LogP contribution in [0.15, 0.2) is 64.1 Å². The summed E-state index contributed by atoms with van der Waals surface area (Å²) in [5.74, 6) is 1.38. The van der Waals surface area contributed by atoms with Crippen LogP contribution in [-0.2, 0) is 25.9 Å². The lowest BCUT2D eigenvalue weighted by atomic mass is 10.2. The summed E-state index contributed by atoms with van der Waals surface area (Å²) in [6.45, 7) is 12.1. The van der Waals surface area contributed by atoms with Crippen molar-refractivity contribution < 1.29 is 13.7 Å². The molecule has 12 heteroatoms. The Bertz CT molecular complexity index is 1550. The molecule has 1 saturated heterocycles. The standard InChI is InChI=1S/C27H37N7O3SSi/c1-21-19-36-14-13-33(21)26-17-24(31-38(2,35)22-9-7-6-8-10-22)23-18-28-34(27(23)29-26)25-11-12-32(30-25)20-37-15-16-39(3,4)5/h6-12,17-18,21H,13-16,19-20H2,1-5H3/t21-,38?/m1/s1. The number of morpholine rings is 1. The van der Waals surface area contributed by atoms with Crippen molar-refractivity contribution in [3.8, 4) is 5.82 Å². The van der Waals surface area contributed by atoms with Crippen LogP contribution in [0.2, 0.25) is 25.7 Å². The first-order valence-electron chi connectivity index (χ1n) is 13.2. The van der Waals surface area contributed by atoms with E-state index in [1.165, 1.54) is 0 Å². The maximum Gasteiger partial charge on any atom is 0.177 e. The van der Waals surface area contributed by atoms with Crippen LogP contribution in [-0.4, -0.2) is 75.5 Å². The molecule has 0 N–H and O–H groups in total. The molecule has 0 amide bonds. The van der Waals surface area contributed by atoms with Gasteiger partial charge in [-0.2, -0.15) is 19.2 Å². The molecular weight excluding hydrogens is 530 g/mol. The minimum absolute atomic E-state index is 0.139. The molecule has 0 spiro atoms. The number of ether oxygens (including phenoxy) is 2. The summed E-state index contributed by atoms with van der Waals surface area (Å²) >= 11 is 0. The quantitative estimate of drug-likeness (QED) is 0.209. The van der Waals surface area contributed by atoms with Crippen molar-refractivity contribution in [2.45, 2.75) is 50.3 Å². The van der Waals surface area contributed by atoms with Gasteiger partial charge in [-0.05, 0) is 25.1 Å². The van der Waals surface area contributed by atoms with Crippen molar-refractivity contribution >= 4 is 40.3 Å². The van der Waals surface area contributed by atoms with E-state index in [9.17, 15) is 4.21 Å². The molecule has 4 aromatic rings. The van der Waals surface area contributed by atoms with Crippen LogP contribution in [0.3, 0.4) is 0 Å². The van der Waals surface area contributed by atoms with Crippen LogP contribution in [0, 0.1) is 0 Å². The van der Waals surface area contributed by atoms with Gasteiger partial charge < -0.3 is 14.4 Å². The molecule has 1 fully saturated rings. The fourth-order valence-electron chi connectivity index (χ4n) is 4.41. The molecule has 3 aromatic heterocycles. The first-order chi connectivity index (χ1) is 18.6. The molecule has 1 aliphatic heterocycles. The maximum atomic E-state index is 13.7. The van der Waals surface area contributed by atoms with E-state index >= 15 is 0 Å². The molecule has 0 bridgehead atoms. The maximum absolute atomic E-state index is 13.7. The Kier molecular flexibility index (Phi) is 7.90. The van der Waals surface area contributed by atoms with Crippen molar-refractivity contribution in [1.82, 2.24) is 24.5 Å². The first kappa shape index (κ1) is 27.5. The second kappa shape index (κ2) is 11.2. The second-order valence-electron chi connectivity index (χ2n) is 11.2. The summed E-state index contributed by atoms with van der Waals surface area (Å²) in [5, 5.41) is 10.0. The lowest BCUT2D eigenvalue weighted by molar-refractivity contribution is 0.0785.